The largest absolute Gasteiger partial charge is 0.308 e. The minimum Gasteiger partial charge on any atom is -0.308 e. The zero-order valence-corrected chi connectivity index (χ0v) is 23.0. The minimum atomic E-state index is -3.57. The summed E-state index contributed by atoms with van der Waals surface area (Å²) in [6, 6.07) is 12.4. The molecule has 0 radical (unpaired) electrons. The lowest BCUT2D eigenvalue weighted by atomic mass is 10.0. The summed E-state index contributed by atoms with van der Waals surface area (Å²) in [4.78, 5) is 23.4. The summed E-state index contributed by atoms with van der Waals surface area (Å²) in [6.07, 6.45) is 3.94. The number of sulfonamides is 1. The van der Waals surface area contributed by atoms with Crippen molar-refractivity contribution in [1.82, 2.24) is 14.2 Å². The lowest BCUT2D eigenvalue weighted by Crippen LogP contribution is -2.39. The van der Waals surface area contributed by atoms with Gasteiger partial charge in [0.05, 0.1) is 15.1 Å². The van der Waals surface area contributed by atoms with Crippen molar-refractivity contribution in [1.29, 1.82) is 0 Å². The lowest BCUT2D eigenvalue weighted by Gasteiger charge is -2.30. The second-order valence-electron chi connectivity index (χ2n) is 9.20. The van der Waals surface area contributed by atoms with Gasteiger partial charge in [-0.25, -0.2) is 13.4 Å². The van der Waals surface area contributed by atoms with E-state index in [4.69, 9.17) is 4.98 Å². The molecule has 35 heavy (non-hydrogen) atoms. The first kappa shape index (κ1) is 26.1. The van der Waals surface area contributed by atoms with Gasteiger partial charge in [0.15, 0.2) is 5.13 Å². The van der Waals surface area contributed by atoms with E-state index in [0.29, 0.717) is 42.8 Å². The van der Waals surface area contributed by atoms with E-state index >= 15 is 0 Å². The smallest absolute Gasteiger partial charge is 0.260 e. The van der Waals surface area contributed by atoms with Crippen LogP contribution in [0.5, 0.6) is 0 Å². The third-order valence-electron chi connectivity index (χ3n) is 6.20. The first-order valence-corrected chi connectivity index (χ1v) is 15.2. The second kappa shape index (κ2) is 11.0. The topological polar surface area (TPSA) is 73.8 Å². The number of nitrogens with zero attached hydrogens (tertiary/aromatic N) is 4. The number of carbonyl (C=O) groups excluding carboxylic acids is 1. The van der Waals surface area contributed by atoms with Gasteiger partial charge in [0.2, 0.25) is 10.0 Å². The van der Waals surface area contributed by atoms with Crippen LogP contribution in [0.15, 0.2) is 52.3 Å². The number of thiazole rings is 1. The second-order valence-corrected chi connectivity index (χ2v) is 13.0. The number of likely N-dealkylation sites (N-methyl/N-ethyl adjacent to an activating group) is 1. The SMILES string of the molecule is CSc1cccc2sc(N(CCN(C)C)C(=O)c3ccc(S(=O)(=O)N4CCCC(C)C4)cc3)nc12. The molecule has 10 heteroatoms. The number of hydrogen-bond donors (Lipinski definition) is 0. The summed E-state index contributed by atoms with van der Waals surface area (Å²) in [6.45, 7) is 4.32. The summed E-state index contributed by atoms with van der Waals surface area (Å²) in [5.74, 6) is 0.164. The molecule has 1 fully saturated rings. The Kier molecular flexibility index (Phi) is 8.17. The summed E-state index contributed by atoms with van der Waals surface area (Å²) in [5, 5.41) is 0.646. The predicted octanol–water partition coefficient (Wildman–Crippen LogP) is 4.65. The van der Waals surface area contributed by atoms with E-state index in [1.165, 1.54) is 11.3 Å². The van der Waals surface area contributed by atoms with E-state index in [0.717, 1.165) is 28.0 Å². The highest BCUT2D eigenvalue weighted by atomic mass is 32.2. The number of carbonyl (C=O) groups is 1. The molecule has 0 aliphatic carbocycles. The molecule has 1 saturated heterocycles. The first-order chi connectivity index (χ1) is 16.7. The summed E-state index contributed by atoms with van der Waals surface area (Å²) in [7, 11) is 0.365. The number of thioether (sulfide) groups is 1. The van der Waals surface area contributed by atoms with E-state index < -0.39 is 10.0 Å². The number of fused-ring (bicyclic) bond motifs is 1. The molecule has 0 saturated carbocycles. The van der Waals surface area contributed by atoms with Gasteiger partial charge in [0.1, 0.15) is 0 Å². The molecule has 1 aliphatic rings. The standard InChI is InChI=1S/C25H32N4O3S3/c1-18-7-6-14-28(17-18)35(31,32)20-12-10-19(11-13-20)24(30)29(16-15-27(2)3)25-26-23-21(33-4)8-5-9-22(23)34-25/h5,8-13,18H,6-7,14-17H2,1-4H3. The van der Waals surface area contributed by atoms with Crippen molar-refractivity contribution in [2.75, 3.05) is 51.4 Å². The quantitative estimate of drug-likeness (QED) is 0.393. The molecule has 0 N–H and O–H groups in total. The first-order valence-electron chi connectivity index (χ1n) is 11.7. The monoisotopic (exact) mass is 532 g/mol. The molecule has 3 aromatic rings. The molecule has 1 aromatic heterocycles. The molecule has 1 amide bonds. The van der Waals surface area contributed by atoms with Gasteiger partial charge in [-0.15, -0.1) is 11.8 Å². The molecule has 2 aromatic carbocycles. The molecule has 188 valence electrons. The fourth-order valence-electron chi connectivity index (χ4n) is 4.21. The van der Waals surface area contributed by atoms with Gasteiger partial charge in [-0.2, -0.15) is 4.31 Å². The number of amides is 1. The molecular weight excluding hydrogens is 501 g/mol. The van der Waals surface area contributed by atoms with Gasteiger partial charge >= 0.3 is 0 Å². The molecule has 0 bridgehead atoms. The normalized spacial score (nSPS) is 17.2. The van der Waals surface area contributed by atoms with E-state index in [2.05, 4.69) is 6.92 Å². The molecule has 1 aliphatic heterocycles. The van der Waals surface area contributed by atoms with Crippen LogP contribution in [0.3, 0.4) is 0 Å². The molecule has 0 spiro atoms. The third-order valence-corrected chi connectivity index (χ3v) is 9.89. The number of hydrogen-bond acceptors (Lipinski definition) is 7. The van der Waals surface area contributed by atoms with Crippen molar-refractivity contribution in [2.45, 2.75) is 29.6 Å². The Hall–Kier alpha value is -1.98. The predicted molar refractivity (Wildman–Crippen MR) is 145 cm³/mol. The van der Waals surface area contributed by atoms with Crippen molar-refractivity contribution < 1.29 is 13.2 Å². The van der Waals surface area contributed by atoms with Crippen LogP contribution in [-0.4, -0.2) is 75.0 Å². The van der Waals surface area contributed by atoms with Gasteiger partial charge < -0.3 is 4.90 Å². The van der Waals surface area contributed by atoms with Crippen LogP contribution in [0.25, 0.3) is 10.2 Å². The van der Waals surface area contributed by atoms with E-state index in [1.54, 1.807) is 45.2 Å². The van der Waals surface area contributed by atoms with Crippen LogP contribution in [0.4, 0.5) is 5.13 Å². The van der Waals surface area contributed by atoms with Gasteiger partial charge in [0.25, 0.3) is 5.91 Å². The molecule has 7 nitrogen and oxygen atoms in total. The fraction of sp³-hybridized carbons (Fsp3) is 0.440. The third kappa shape index (κ3) is 5.72. The Morgan fingerprint density at radius 3 is 2.57 bits per heavy atom. The van der Waals surface area contributed by atoms with Crippen molar-refractivity contribution >= 4 is 54.4 Å². The molecule has 1 atom stereocenters. The van der Waals surface area contributed by atoms with E-state index in [-0.39, 0.29) is 10.8 Å². The Labute approximate surface area is 216 Å². The van der Waals surface area contributed by atoms with E-state index in [9.17, 15) is 13.2 Å². The number of para-hydroxylation sites is 1. The molecular formula is C25H32N4O3S3. The zero-order chi connectivity index (χ0) is 25.2. The Bertz CT molecular complexity index is 1290. The molecule has 2 heterocycles. The zero-order valence-electron chi connectivity index (χ0n) is 20.6. The van der Waals surface area contributed by atoms with Crippen LogP contribution in [0.2, 0.25) is 0 Å². The molecule has 1 unspecified atom stereocenters. The van der Waals surface area contributed by atoms with Crippen LogP contribution >= 0.6 is 23.1 Å². The highest BCUT2D eigenvalue weighted by Crippen LogP contribution is 2.34. The Morgan fingerprint density at radius 1 is 1.17 bits per heavy atom. The lowest BCUT2D eigenvalue weighted by molar-refractivity contribution is 0.0985. The number of anilines is 1. The Morgan fingerprint density at radius 2 is 1.91 bits per heavy atom. The number of rotatable bonds is 8. The van der Waals surface area contributed by atoms with Gasteiger partial charge in [-0.3, -0.25) is 9.69 Å². The van der Waals surface area contributed by atoms with Gasteiger partial charge in [0, 0.05) is 36.6 Å². The van der Waals surface area contributed by atoms with Crippen LogP contribution < -0.4 is 4.90 Å². The highest BCUT2D eigenvalue weighted by molar-refractivity contribution is 7.98. The average molecular weight is 533 g/mol. The maximum atomic E-state index is 13.6. The van der Waals surface area contributed by atoms with Crippen molar-refractivity contribution in [3.63, 3.8) is 0 Å². The van der Waals surface area contributed by atoms with E-state index in [1.807, 2.05) is 43.5 Å². The summed E-state index contributed by atoms with van der Waals surface area (Å²) < 4.78 is 28.8. The maximum Gasteiger partial charge on any atom is 0.260 e. The molecule has 4 rings (SSSR count). The van der Waals surface area contributed by atoms with Crippen molar-refractivity contribution in [2.24, 2.45) is 5.92 Å². The maximum absolute atomic E-state index is 13.6. The van der Waals surface area contributed by atoms with Gasteiger partial charge in [-0.05, 0) is 75.5 Å². The van der Waals surface area contributed by atoms with Crippen LogP contribution in [-0.2, 0) is 10.0 Å². The number of piperidine rings is 1. The summed E-state index contributed by atoms with van der Waals surface area (Å²) >= 11 is 3.13. The number of aromatic nitrogens is 1. The Balaban J connectivity index is 1.62. The summed E-state index contributed by atoms with van der Waals surface area (Å²) in [5.41, 5.74) is 1.35. The fourth-order valence-corrected chi connectivity index (χ4v) is 7.46. The average Bonchev–Trinajstić information content (AvgIpc) is 3.28. The van der Waals surface area contributed by atoms with Crippen LogP contribution in [0.1, 0.15) is 30.1 Å². The highest BCUT2D eigenvalue weighted by Gasteiger charge is 2.29. The number of benzene rings is 2. The van der Waals surface area contributed by atoms with Crippen molar-refractivity contribution in [3.8, 4) is 0 Å². The van der Waals surface area contributed by atoms with Crippen LogP contribution in [0, 0.1) is 5.92 Å². The minimum absolute atomic E-state index is 0.188. The van der Waals surface area contributed by atoms with Crippen molar-refractivity contribution in [3.05, 3.63) is 48.0 Å². The van der Waals surface area contributed by atoms with Gasteiger partial charge in [-0.1, -0.05) is 24.3 Å².